The van der Waals surface area contributed by atoms with Crippen molar-refractivity contribution in [3.8, 4) is 5.75 Å². The van der Waals surface area contributed by atoms with Gasteiger partial charge in [0.25, 0.3) is 0 Å². The Morgan fingerprint density at radius 2 is 1.39 bits per heavy atom. The zero-order valence-corrected chi connectivity index (χ0v) is 27.7. The van der Waals surface area contributed by atoms with E-state index >= 15 is 0 Å². The first-order valence-electron chi connectivity index (χ1n) is 16.1. The van der Waals surface area contributed by atoms with Gasteiger partial charge in [0.05, 0.1) is 6.54 Å². The number of aromatic hydroxyl groups is 1. The third-order valence-corrected chi connectivity index (χ3v) is 9.32. The number of nitrogens with one attached hydrogen (secondary N) is 1. The molecular weight excluding hydrogens is 578 g/mol. The highest BCUT2D eigenvalue weighted by molar-refractivity contribution is 5.99. The average Bonchev–Trinajstić information content (AvgIpc) is 3.39. The summed E-state index contributed by atoms with van der Waals surface area (Å²) < 4.78 is 5.63. The molecule has 0 unspecified atom stereocenters. The van der Waals surface area contributed by atoms with E-state index in [4.69, 9.17) is 4.74 Å². The minimum absolute atomic E-state index is 0.0776. The van der Waals surface area contributed by atoms with Crippen LogP contribution in [0.5, 0.6) is 5.75 Å². The molecule has 8 heteroatoms. The molecule has 46 heavy (non-hydrogen) atoms. The summed E-state index contributed by atoms with van der Waals surface area (Å²) in [5.41, 5.74) is 5.04. The second-order valence-electron chi connectivity index (χ2n) is 14.3. The van der Waals surface area contributed by atoms with Crippen molar-refractivity contribution >= 4 is 28.8 Å². The van der Waals surface area contributed by atoms with Crippen LogP contribution in [0.4, 0.5) is 10.5 Å². The predicted octanol–water partition coefficient (Wildman–Crippen LogP) is 6.64. The molecule has 244 valence electrons. The number of fused-ring (bicyclic) bond motifs is 1. The summed E-state index contributed by atoms with van der Waals surface area (Å²) in [4.78, 5) is 30.0. The Balaban J connectivity index is 1.29. The lowest BCUT2D eigenvalue weighted by atomic mass is 9.71. The molecule has 0 spiro atoms. The van der Waals surface area contributed by atoms with Crippen LogP contribution in [0.15, 0.2) is 78.9 Å². The Labute approximate surface area is 272 Å². The van der Waals surface area contributed by atoms with Crippen LogP contribution in [0, 0.1) is 10.8 Å². The van der Waals surface area contributed by atoms with Crippen LogP contribution in [0.25, 0.3) is 11.1 Å². The van der Waals surface area contributed by atoms with Gasteiger partial charge in [-0.15, -0.1) is 0 Å². The number of carbonyl (C=O) groups is 2. The maximum absolute atomic E-state index is 13.2. The van der Waals surface area contributed by atoms with Gasteiger partial charge in [0.2, 0.25) is 5.91 Å². The van der Waals surface area contributed by atoms with Crippen molar-refractivity contribution in [2.24, 2.45) is 10.8 Å². The predicted molar refractivity (Wildman–Crippen MR) is 182 cm³/mol. The minimum atomic E-state index is -0.535. The number of aliphatic hydroxyl groups excluding tert-OH is 1. The van der Waals surface area contributed by atoms with Gasteiger partial charge in [-0.25, -0.2) is 4.79 Å². The highest BCUT2D eigenvalue weighted by Gasteiger charge is 2.59. The average molecular weight is 626 g/mol. The quantitative estimate of drug-likeness (QED) is 0.231. The molecule has 5 rings (SSSR count). The number of phenols is 1. The van der Waals surface area contributed by atoms with E-state index in [0.29, 0.717) is 31.6 Å². The molecule has 0 aromatic heterocycles. The van der Waals surface area contributed by atoms with E-state index in [0.717, 1.165) is 40.9 Å². The van der Waals surface area contributed by atoms with Crippen molar-refractivity contribution in [3.05, 3.63) is 95.6 Å². The van der Waals surface area contributed by atoms with Gasteiger partial charge in [-0.2, -0.15) is 0 Å². The number of ether oxygens (including phenoxy) is 1. The van der Waals surface area contributed by atoms with Gasteiger partial charge in [-0.05, 0) is 85.7 Å². The Kier molecular flexibility index (Phi) is 9.61. The van der Waals surface area contributed by atoms with Gasteiger partial charge in [0, 0.05) is 49.3 Å². The van der Waals surface area contributed by atoms with Gasteiger partial charge >= 0.3 is 6.09 Å². The molecule has 2 fully saturated rings. The van der Waals surface area contributed by atoms with Crippen LogP contribution in [-0.4, -0.2) is 76.9 Å². The number of aliphatic hydroxyl groups is 1. The first kappa shape index (κ1) is 33.2. The fraction of sp³-hybridized carbons (Fsp3) is 0.421. The second-order valence-corrected chi connectivity index (χ2v) is 14.3. The van der Waals surface area contributed by atoms with Crippen molar-refractivity contribution in [1.29, 1.82) is 0 Å². The van der Waals surface area contributed by atoms with Crippen LogP contribution >= 0.6 is 0 Å². The molecule has 0 saturated carbocycles. The summed E-state index contributed by atoms with van der Waals surface area (Å²) in [6.07, 6.45) is 1.02. The molecule has 0 aliphatic carbocycles. The zero-order valence-electron chi connectivity index (χ0n) is 27.7. The summed E-state index contributed by atoms with van der Waals surface area (Å²) >= 11 is 0. The molecule has 2 heterocycles. The maximum atomic E-state index is 13.2. The topological polar surface area (TPSA) is 102 Å². The summed E-state index contributed by atoms with van der Waals surface area (Å²) in [5, 5.41) is 22.7. The Morgan fingerprint density at radius 1 is 0.826 bits per heavy atom. The van der Waals surface area contributed by atoms with E-state index in [2.05, 4.69) is 36.2 Å². The van der Waals surface area contributed by atoms with Crippen molar-refractivity contribution in [1.82, 2.24) is 9.80 Å². The van der Waals surface area contributed by atoms with Gasteiger partial charge in [-0.3, -0.25) is 9.69 Å². The number of rotatable bonds is 9. The van der Waals surface area contributed by atoms with Gasteiger partial charge < -0.3 is 25.2 Å². The number of hydrogen-bond acceptors (Lipinski definition) is 6. The lowest BCUT2D eigenvalue weighted by molar-refractivity contribution is -0.117. The summed E-state index contributed by atoms with van der Waals surface area (Å²) in [6, 6.07) is 25.2. The van der Waals surface area contributed by atoms with E-state index in [1.54, 1.807) is 12.1 Å². The number of benzene rings is 3. The van der Waals surface area contributed by atoms with Crippen molar-refractivity contribution in [3.63, 3.8) is 0 Å². The van der Waals surface area contributed by atoms with Crippen LogP contribution in [0.1, 0.15) is 64.2 Å². The lowest BCUT2D eigenvalue weighted by Gasteiger charge is -2.30. The highest BCUT2D eigenvalue weighted by Crippen LogP contribution is 2.51. The smallest absolute Gasteiger partial charge is 0.410 e. The lowest BCUT2D eigenvalue weighted by Crippen LogP contribution is -2.40. The monoisotopic (exact) mass is 625 g/mol. The fourth-order valence-electron chi connectivity index (χ4n) is 6.95. The molecule has 2 amide bonds. The molecule has 0 radical (unpaired) electrons. The van der Waals surface area contributed by atoms with E-state index in [1.807, 2.05) is 80.3 Å². The molecule has 2 aliphatic heterocycles. The van der Waals surface area contributed by atoms with Gasteiger partial charge in [0.1, 0.15) is 11.4 Å². The fourth-order valence-corrected chi connectivity index (χ4v) is 6.95. The number of anilines is 1. The summed E-state index contributed by atoms with van der Waals surface area (Å²) in [5.74, 6) is 0.119. The standard InChI is InChI=1S/C38H47N3O5/c1-36(2,3)46-35(45)41-25-37(4)23-40(24-38(37,5)26-41)22-33(44)39-30-17-13-28(14-18-30)34(29-15-19-31(43)20-16-29)32(12-9-21-42)27-10-7-6-8-11-27/h6-8,10-11,13-20,42-43H,9,12,21-26H2,1-5H3,(H,39,44)/b34-32+/t37-,38+. The molecule has 8 nitrogen and oxygen atoms in total. The van der Waals surface area contributed by atoms with E-state index in [1.165, 1.54) is 0 Å². The maximum Gasteiger partial charge on any atom is 0.410 e. The number of likely N-dealkylation sites (tertiary alicyclic amines) is 2. The largest absolute Gasteiger partial charge is 0.508 e. The normalized spacial score (nSPS) is 21.9. The molecular formula is C38H47N3O5. The third kappa shape index (κ3) is 7.45. The molecule has 0 bridgehead atoms. The molecule has 3 N–H and O–H groups in total. The molecule has 2 atom stereocenters. The van der Waals surface area contributed by atoms with E-state index in [9.17, 15) is 19.8 Å². The third-order valence-electron chi connectivity index (χ3n) is 9.32. The molecule has 3 aromatic carbocycles. The highest BCUT2D eigenvalue weighted by atomic mass is 16.6. The Morgan fingerprint density at radius 3 is 1.93 bits per heavy atom. The molecule has 3 aromatic rings. The number of allylic oxidation sites excluding steroid dienone is 1. The SMILES string of the molecule is CC(C)(C)OC(=O)N1C[C@]2(C)CN(CC(=O)Nc3ccc(/C(=C(/CCCO)c4ccccc4)c4ccc(O)cc4)cc3)C[C@]2(C)C1. The summed E-state index contributed by atoms with van der Waals surface area (Å²) in [6.45, 7) is 13.1. The van der Waals surface area contributed by atoms with Crippen LogP contribution in [-0.2, 0) is 9.53 Å². The first-order valence-corrected chi connectivity index (χ1v) is 16.1. The van der Waals surface area contributed by atoms with Gasteiger partial charge in [-0.1, -0.05) is 68.4 Å². The van der Waals surface area contributed by atoms with E-state index in [-0.39, 0.29) is 41.7 Å². The van der Waals surface area contributed by atoms with Crippen LogP contribution in [0.3, 0.4) is 0 Å². The Hall–Kier alpha value is -4.14. The van der Waals surface area contributed by atoms with Crippen molar-refractivity contribution in [2.45, 2.75) is 53.1 Å². The van der Waals surface area contributed by atoms with Crippen LogP contribution in [0.2, 0.25) is 0 Å². The minimum Gasteiger partial charge on any atom is -0.508 e. The zero-order chi connectivity index (χ0) is 33.1. The number of phenolic OH excluding ortho intramolecular Hbond substituents is 1. The van der Waals surface area contributed by atoms with Crippen molar-refractivity contribution in [2.75, 3.05) is 44.6 Å². The number of carbonyl (C=O) groups excluding carboxylic acids is 2. The number of nitrogens with zero attached hydrogens (tertiary/aromatic N) is 2. The Bertz CT molecular complexity index is 1540. The van der Waals surface area contributed by atoms with Crippen LogP contribution < -0.4 is 5.32 Å². The van der Waals surface area contributed by atoms with E-state index < -0.39 is 5.60 Å². The number of amides is 2. The summed E-state index contributed by atoms with van der Waals surface area (Å²) in [7, 11) is 0. The van der Waals surface area contributed by atoms with Crippen molar-refractivity contribution < 1.29 is 24.5 Å². The first-order chi connectivity index (χ1) is 21.8. The number of hydrogen-bond donors (Lipinski definition) is 3. The second kappa shape index (κ2) is 13.3. The molecule has 2 saturated heterocycles. The molecule has 2 aliphatic rings. The van der Waals surface area contributed by atoms with Gasteiger partial charge in [0.15, 0.2) is 0 Å².